The number of hydrogen-bond donors (Lipinski definition) is 2. The van der Waals surface area contributed by atoms with Crippen LogP contribution in [0.5, 0.6) is 6.01 Å². The fourth-order valence-corrected chi connectivity index (χ4v) is 7.06. The molecule has 0 aliphatic carbocycles. The number of carbonyl (C=O) groups is 1. The van der Waals surface area contributed by atoms with Gasteiger partial charge in [-0.3, -0.25) is 9.48 Å². The van der Waals surface area contributed by atoms with Gasteiger partial charge in [-0.2, -0.15) is 10.1 Å². The number of aryl methyl sites for hydroxylation is 1. The number of carbonyl (C=O) groups excluding carboxylic acids is 1. The molecule has 6 rings (SSSR count). The summed E-state index contributed by atoms with van der Waals surface area (Å²) in [5.74, 6) is -0.154. The molecule has 12 heteroatoms. The monoisotopic (exact) mass is 549 g/mol. The summed E-state index contributed by atoms with van der Waals surface area (Å²) in [5, 5.41) is 12.6. The lowest BCUT2D eigenvalue weighted by Gasteiger charge is -2.38. The standard InChI is InChI=1S/C27H31N7O4S/c1-16-10-34(11-17(2)29-16)24-7-5-21(26(35)30-20-4-6-23-19(8-20)12-33(3)32-23)25-22(24)9-28-27(31-25)38-13-18-14-39(36,37)15-18/h4-9,12,16-18,29H,10-11,13-15H2,1-3H3,(H,30,35)/t16-,17+. The van der Waals surface area contributed by atoms with Gasteiger partial charge in [-0.15, -0.1) is 0 Å². The van der Waals surface area contributed by atoms with Crippen LogP contribution in [0.25, 0.3) is 21.8 Å². The second kappa shape index (κ2) is 9.76. The van der Waals surface area contributed by atoms with Crippen molar-refractivity contribution in [1.82, 2.24) is 25.1 Å². The van der Waals surface area contributed by atoms with Crippen molar-refractivity contribution in [2.24, 2.45) is 13.0 Å². The van der Waals surface area contributed by atoms with Crippen LogP contribution in [0.15, 0.2) is 42.7 Å². The van der Waals surface area contributed by atoms with Crippen molar-refractivity contribution in [2.75, 3.05) is 41.4 Å². The lowest BCUT2D eigenvalue weighted by atomic mass is 10.0. The SMILES string of the molecule is C[C@@H]1CN(c2ccc(C(=O)Nc3ccc4nn(C)cc4c3)c3nc(OCC4CS(=O)(=O)C4)ncc23)C[C@H](C)N1. The zero-order valence-corrected chi connectivity index (χ0v) is 22.9. The Morgan fingerprint density at radius 1 is 1.15 bits per heavy atom. The Kier molecular flexibility index (Phi) is 6.38. The highest BCUT2D eigenvalue weighted by Gasteiger charge is 2.34. The summed E-state index contributed by atoms with van der Waals surface area (Å²) < 4.78 is 30.5. The van der Waals surface area contributed by atoms with Gasteiger partial charge < -0.3 is 20.3 Å². The first-order valence-electron chi connectivity index (χ1n) is 13.0. The van der Waals surface area contributed by atoms with Crippen molar-refractivity contribution in [3.05, 3.63) is 48.3 Å². The summed E-state index contributed by atoms with van der Waals surface area (Å²) in [6.45, 7) is 6.13. The van der Waals surface area contributed by atoms with Gasteiger partial charge in [-0.1, -0.05) is 0 Å². The predicted octanol–water partition coefficient (Wildman–Crippen LogP) is 2.38. The van der Waals surface area contributed by atoms with Crippen LogP contribution in [0, 0.1) is 5.92 Å². The van der Waals surface area contributed by atoms with Crippen molar-refractivity contribution in [1.29, 1.82) is 0 Å². The van der Waals surface area contributed by atoms with Crippen LogP contribution >= 0.6 is 0 Å². The molecule has 4 heterocycles. The number of piperazine rings is 1. The molecule has 2 N–H and O–H groups in total. The molecular formula is C27H31N7O4S. The van der Waals surface area contributed by atoms with Gasteiger partial charge in [0.25, 0.3) is 5.91 Å². The summed E-state index contributed by atoms with van der Waals surface area (Å²) in [6.07, 6.45) is 3.59. The minimum absolute atomic E-state index is 0.0744. The molecule has 2 aliphatic rings. The van der Waals surface area contributed by atoms with E-state index in [0.717, 1.165) is 35.1 Å². The zero-order chi connectivity index (χ0) is 27.3. The third-order valence-corrected chi connectivity index (χ3v) is 9.11. The van der Waals surface area contributed by atoms with E-state index >= 15 is 0 Å². The number of fused-ring (bicyclic) bond motifs is 2. The number of anilines is 2. The van der Waals surface area contributed by atoms with E-state index in [1.165, 1.54) is 0 Å². The molecule has 4 aromatic rings. The molecule has 1 amide bonds. The average molecular weight is 550 g/mol. The first kappa shape index (κ1) is 25.5. The van der Waals surface area contributed by atoms with Gasteiger partial charge in [-0.05, 0) is 44.2 Å². The Morgan fingerprint density at radius 2 is 1.92 bits per heavy atom. The molecule has 39 heavy (non-hydrogen) atoms. The first-order valence-corrected chi connectivity index (χ1v) is 14.8. The Labute approximate surface area is 226 Å². The number of hydrogen-bond acceptors (Lipinski definition) is 9. The molecule has 0 spiro atoms. The molecule has 0 bridgehead atoms. The molecule has 0 radical (unpaired) electrons. The number of nitrogens with zero attached hydrogens (tertiary/aromatic N) is 5. The third-order valence-electron chi connectivity index (χ3n) is 7.15. The van der Waals surface area contributed by atoms with Crippen molar-refractivity contribution in [3.63, 3.8) is 0 Å². The molecule has 2 fully saturated rings. The summed E-state index contributed by atoms with van der Waals surface area (Å²) in [6, 6.07) is 10.1. The molecule has 0 unspecified atom stereocenters. The first-order chi connectivity index (χ1) is 18.6. The van der Waals surface area contributed by atoms with Crippen molar-refractivity contribution in [3.8, 4) is 6.01 Å². The summed E-state index contributed by atoms with van der Waals surface area (Å²) >= 11 is 0. The topological polar surface area (TPSA) is 131 Å². The Bertz CT molecular complexity index is 1660. The van der Waals surface area contributed by atoms with E-state index in [2.05, 4.69) is 44.4 Å². The van der Waals surface area contributed by atoms with Gasteiger partial charge in [0, 0.05) is 72.7 Å². The number of benzene rings is 2. The minimum Gasteiger partial charge on any atom is -0.463 e. The number of nitrogens with one attached hydrogen (secondary N) is 2. The fourth-order valence-electron chi connectivity index (χ4n) is 5.52. The van der Waals surface area contributed by atoms with Crippen LogP contribution < -0.4 is 20.3 Å². The van der Waals surface area contributed by atoms with E-state index in [1.54, 1.807) is 16.9 Å². The molecule has 2 aliphatic heterocycles. The number of sulfone groups is 1. The average Bonchev–Trinajstić information content (AvgIpc) is 3.24. The normalized spacial score (nSPS) is 21.2. The van der Waals surface area contributed by atoms with E-state index < -0.39 is 9.84 Å². The van der Waals surface area contributed by atoms with Crippen LogP contribution in [0.3, 0.4) is 0 Å². The maximum absolute atomic E-state index is 13.5. The lowest BCUT2D eigenvalue weighted by molar-refractivity contribution is 0.102. The lowest BCUT2D eigenvalue weighted by Crippen LogP contribution is -2.54. The number of ether oxygens (including phenoxy) is 1. The van der Waals surface area contributed by atoms with Gasteiger partial charge in [0.1, 0.15) is 0 Å². The maximum Gasteiger partial charge on any atom is 0.316 e. The van der Waals surface area contributed by atoms with Gasteiger partial charge in [0.05, 0.1) is 34.7 Å². The minimum atomic E-state index is -2.95. The van der Waals surface area contributed by atoms with Gasteiger partial charge >= 0.3 is 6.01 Å². The van der Waals surface area contributed by atoms with Crippen molar-refractivity contribution in [2.45, 2.75) is 25.9 Å². The summed E-state index contributed by atoms with van der Waals surface area (Å²) in [5.41, 5.74) is 3.33. The van der Waals surface area contributed by atoms with Crippen LogP contribution in [0.2, 0.25) is 0 Å². The molecule has 2 aromatic heterocycles. The summed E-state index contributed by atoms with van der Waals surface area (Å²) in [7, 11) is -1.09. The van der Waals surface area contributed by atoms with Crippen molar-refractivity contribution < 1.29 is 17.9 Å². The van der Waals surface area contributed by atoms with Crippen LogP contribution in [0.4, 0.5) is 11.4 Å². The zero-order valence-electron chi connectivity index (χ0n) is 22.1. The quantitative estimate of drug-likeness (QED) is 0.372. The predicted molar refractivity (Wildman–Crippen MR) is 150 cm³/mol. The van der Waals surface area contributed by atoms with Crippen molar-refractivity contribution >= 4 is 48.9 Å². The molecule has 2 saturated heterocycles. The van der Waals surface area contributed by atoms with Crippen LogP contribution in [-0.4, -0.2) is 77.4 Å². The van der Waals surface area contributed by atoms with E-state index in [4.69, 9.17) is 4.74 Å². The largest absolute Gasteiger partial charge is 0.463 e. The molecular weight excluding hydrogens is 518 g/mol. The molecule has 0 saturated carbocycles. The van der Waals surface area contributed by atoms with Crippen LogP contribution in [0.1, 0.15) is 24.2 Å². The second-order valence-corrected chi connectivity index (χ2v) is 12.9. The highest BCUT2D eigenvalue weighted by Crippen LogP contribution is 2.31. The molecule has 204 valence electrons. The smallest absolute Gasteiger partial charge is 0.316 e. The fraction of sp³-hybridized carbons (Fsp3) is 0.407. The molecule has 2 atom stereocenters. The number of aromatic nitrogens is 4. The van der Waals surface area contributed by atoms with Gasteiger partial charge in [-0.25, -0.2) is 13.4 Å². The number of amides is 1. The van der Waals surface area contributed by atoms with E-state index in [0.29, 0.717) is 28.9 Å². The maximum atomic E-state index is 13.5. The molecule has 11 nitrogen and oxygen atoms in total. The van der Waals surface area contributed by atoms with E-state index in [1.807, 2.05) is 37.5 Å². The molecule has 2 aromatic carbocycles. The summed E-state index contributed by atoms with van der Waals surface area (Å²) in [4.78, 5) is 24.9. The van der Waals surface area contributed by atoms with Gasteiger partial charge in [0.15, 0.2) is 9.84 Å². The Hall–Kier alpha value is -3.77. The third kappa shape index (κ3) is 5.26. The highest BCUT2D eigenvalue weighted by molar-refractivity contribution is 7.92. The van der Waals surface area contributed by atoms with Crippen LogP contribution in [-0.2, 0) is 16.9 Å². The van der Waals surface area contributed by atoms with Gasteiger partial charge in [0.2, 0.25) is 0 Å². The van der Waals surface area contributed by atoms with E-state index in [-0.39, 0.29) is 35.9 Å². The second-order valence-electron chi connectivity index (χ2n) is 10.7. The Balaban J connectivity index is 1.33. The number of rotatable bonds is 6. The highest BCUT2D eigenvalue weighted by atomic mass is 32.2. The Morgan fingerprint density at radius 3 is 2.67 bits per heavy atom. The van der Waals surface area contributed by atoms with E-state index in [9.17, 15) is 13.2 Å².